The minimum absolute atomic E-state index is 0.223. The lowest BCUT2D eigenvalue weighted by molar-refractivity contribution is 0.0994. The number of carbonyl (C=O) groups excluding carboxylic acids is 1. The Kier molecular flexibility index (Phi) is 4.06. The molecule has 0 fully saturated rings. The fourth-order valence-electron chi connectivity index (χ4n) is 1.80. The zero-order chi connectivity index (χ0) is 14.7. The fourth-order valence-corrected chi connectivity index (χ4v) is 2.16. The molecule has 0 aliphatic heterocycles. The Hall–Kier alpha value is -2.32. The molecule has 0 heterocycles. The highest BCUT2D eigenvalue weighted by Gasteiger charge is 2.16. The van der Waals surface area contributed by atoms with Gasteiger partial charge in [-0.1, -0.05) is 22.0 Å². The summed E-state index contributed by atoms with van der Waals surface area (Å²) < 4.78 is 0.786. The molecular formula is C15H12BrN3O. The smallest absolute Gasteiger partial charge is 0.260 e. The Morgan fingerprint density at radius 2 is 2.05 bits per heavy atom. The van der Waals surface area contributed by atoms with Crippen molar-refractivity contribution in [2.24, 2.45) is 0 Å². The van der Waals surface area contributed by atoms with Crippen molar-refractivity contribution in [1.82, 2.24) is 0 Å². The number of nitrogens with zero attached hydrogens (tertiary/aromatic N) is 2. The lowest BCUT2D eigenvalue weighted by atomic mass is 10.1. The average molecular weight is 330 g/mol. The highest BCUT2D eigenvalue weighted by molar-refractivity contribution is 9.10. The summed E-state index contributed by atoms with van der Waals surface area (Å²) in [5.74, 6) is -0.223. The maximum atomic E-state index is 12.5. The molecule has 2 aromatic rings. The molecule has 5 heteroatoms. The van der Waals surface area contributed by atoms with Crippen molar-refractivity contribution in [3.8, 4) is 6.07 Å². The van der Waals surface area contributed by atoms with Crippen molar-refractivity contribution in [3.05, 3.63) is 58.1 Å². The minimum atomic E-state index is -0.223. The number of anilines is 2. The number of hydrogen-bond donors (Lipinski definition) is 1. The van der Waals surface area contributed by atoms with Crippen LogP contribution in [0.3, 0.4) is 0 Å². The van der Waals surface area contributed by atoms with E-state index in [-0.39, 0.29) is 5.91 Å². The molecule has 4 nitrogen and oxygen atoms in total. The van der Waals surface area contributed by atoms with E-state index in [1.807, 2.05) is 0 Å². The van der Waals surface area contributed by atoms with E-state index in [0.29, 0.717) is 22.5 Å². The number of halogens is 1. The van der Waals surface area contributed by atoms with Gasteiger partial charge in [-0.15, -0.1) is 0 Å². The van der Waals surface area contributed by atoms with Crippen LogP contribution < -0.4 is 10.6 Å². The first-order valence-electron chi connectivity index (χ1n) is 5.86. The second kappa shape index (κ2) is 5.76. The molecule has 0 unspecified atom stereocenters. The average Bonchev–Trinajstić information content (AvgIpc) is 2.48. The number of nitrogens with two attached hydrogens (primary N) is 1. The monoisotopic (exact) mass is 329 g/mol. The molecule has 2 aromatic carbocycles. The second-order valence-corrected chi connectivity index (χ2v) is 5.17. The summed E-state index contributed by atoms with van der Waals surface area (Å²) in [5.41, 5.74) is 7.83. The normalized spacial score (nSPS) is 9.85. The zero-order valence-electron chi connectivity index (χ0n) is 10.8. The number of benzene rings is 2. The predicted molar refractivity (Wildman–Crippen MR) is 82.4 cm³/mol. The van der Waals surface area contributed by atoms with E-state index < -0.39 is 0 Å². The van der Waals surface area contributed by atoms with E-state index in [1.54, 1.807) is 49.5 Å². The van der Waals surface area contributed by atoms with Gasteiger partial charge in [-0.05, 0) is 36.4 Å². The largest absolute Gasteiger partial charge is 0.398 e. The standard InChI is InChI=1S/C15H12BrN3O/c1-19(12-4-2-3-10(7-12)9-17)15(20)13-8-11(16)5-6-14(13)18/h2-8H,18H2,1H3. The Balaban J connectivity index is 2.37. The third kappa shape index (κ3) is 2.81. The van der Waals surface area contributed by atoms with Gasteiger partial charge in [-0.3, -0.25) is 4.79 Å². The first-order chi connectivity index (χ1) is 9.52. The van der Waals surface area contributed by atoms with E-state index in [9.17, 15) is 4.79 Å². The molecule has 2 rings (SSSR count). The van der Waals surface area contributed by atoms with Gasteiger partial charge in [-0.2, -0.15) is 5.26 Å². The summed E-state index contributed by atoms with van der Waals surface area (Å²) >= 11 is 3.32. The first kappa shape index (κ1) is 14.1. The summed E-state index contributed by atoms with van der Waals surface area (Å²) in [6.07, 6.45) is 0. The number of carbonyl (C=O) groups is 1. The van der Waals surface area contributed by atoms with E-state index >= 15 is 0 Å². The highest BCUT2D eigenvalue weighted by atomic mass is 79.9. The Labute approximate surface area is 125 Å². The Morgan fingerprint density at radius 3 is 2.75 bits per heavy atom. The number of nitriles is 1. The van der Waals surface area contributed by atoms with Crippen LogP contribution in [0.5, 0.6) is 0 Å². The van der Waals surface area contributed by atoms with E-state index in [4.69, 9.17) is 11.0 Å². The first-order valence-corrected chi connectivity index (χ1v) is 6.65. The van der Waals surface area contributed by atoms with Crippen LogP contribution in [-0.2, 0) is 0 Å². The van der Waals surface area contributed by atoms with Gasteiger partial charge in [-0.25, -0.2) is 0 Å². The zero-order valence-corrected chi connectivity index (χ0v) is 12.4. The van der Waals surface area contributed by atoms with E-state index in [1.165, 1.54) is 4.90 Å². The van der Waals surface area contributed by atoms with Gasteiger partial charge in [0.05, 0.1) is 17.2 Å². The van der Waals surface area contributed by atoms with E-state index in [2.05, 4.69) is 22.0 Å². The van der Waals surface area contributed by atoms with Gasteiger partial charge in [0, 0.05) is 22.9 Å². The van der Waals surface area contributed by atoms with Crippen LogP contribution in [0.1, 0.15) is 15.9 Å². The van der Waals surface area contributed by atoms with Crippen LogP contribution in [0.2, 0.25) is 0 Å². The SMILES string of the molecule is CN(C(=O)c1cc(Br)ccc1N)c1cccc(C#N)c1. The van der Waals surface area contributed by atoms with Gasteiger partial charge < -0.3 is 10.6 Å². The molecule has 0 aliphatic rings. The number of hydrogen-bond acceptors (Lipinski definition) is 3. The highest BCUT2D eigenvalue weighted by Crippen LogP contribution is 2.23. The van der Waals surface area contributed by atoms with Gasteiger partial charge >= 0.3 is 0 Å². The van der Waals surface area contributed by atoms with Crippen LogP contribution in [0.25, 0.3) is 0 Å². The summed E-state index contributed by atoms with van der Waals surface area (Å²) in [6.45, 7) is 0. The summed E-state index contributed by atoms with van der Waals surface area (Å²) in [4.78, 5) is 13.9. The molecule has 1 amide bonds. The minimum Gasteiger partial charge on any atom is -0.398 e. The van der Waals surface area contributed by atoms with E-state index in [0.717, 1.165) is 4.47 Å². The van der Waals surface area contributed by atoms with Gasteiger partial charge in [0.25, 0.3) is 5.91 Å². The van der Waals surface area contributed by atoms with Crippen LogP contribution in [0.15, 0.2) is 46.9 Å². The van der Waals surface area contributed by atoms with Crippen LogP contribution in [0.4, 0.5) is 11.4 Å². The summed E-state index contributed by atoms with van der Waals surface area (Å²) in [5, 5.41) is 8.90. The fraction of sp³-hybridized carbons (Fsp3) is 0.0667. The molecule has 0 radical (unpaired) electrons. The maximum Gasteiger partial charge on any atom is 0.260 e. The molecular weight excluding hydrogens is 318 g/mol. The maximum absolute atomic E-state index is 12.5. The molecule has 0 atom stereocenters. The third-order valence-corrected chi connectivity index (χ3v) is 3.41. The van der Waals surface area contributed by atoms with Crippen molar-refractivity contribution in [2.75, 3.05) is 17.7 Å². The third-order valence-electron chi connectivity index (χ3n) is 2.91. The van der Waals surface area contributed by atoms with Crippen LogP contribution >= 0.6 is 15.9 Å². The Bertz CT molecular complexity index is 707. The molecule has 0 saturated carbocycles. The van der Waals surface area contributed by atoms with Gasteiger partial charge in [0.1, 0.15) is 0 Å². The predicted octanol–water partition coefficient (Wildman–Crippen LogP) is 3.18. The molecule has 2 N–H and O–H groups in total. The molecule has 0 spiro atoms. The topological polar surface area (TPSA) is 70.1 Å². The van der Waals surface area contributed by atoms with Crippen molar-refractivity contribution < 1.29 is 4.79 Å². The van der Waals surface area contributed by atoms with Crippen molar-refractivity contribution in [3.63, 3.8) is 0 Å². The van der Waals surface area contributed by atoms with Crippen molar-refractivity contribution >= 4 is 33.2 Å². The molecule has 0 bridgehead atoms. The molecule has 0 saturated heterocycles. The van der Waals surface area contributed by atoms with Crippen molar-refractivity contribution in [1.29, 1.82) is 5.26 Å². The van der Waals surface area contributed by atoms with Gasteiger partial charge in [0.2, 0.25) is 0 Å². The number of rotatable bonds is 2. The second-order valence-electron chi connectivity index (χ2n) is 4.26. The Morgan fingerprint density at radius 1 is 1.30 bits per heavy atom. The van der Waals surface area contributed by atoms with Crippen LogP contribution in [0, 0.1) is 11.3 Å². The quantitative estimate of drug-likeness (QED) is 0.860. The number of nitrogen functional groups attached to an aromatic ring is 1. The summed E-state index contributed by atoms with van der Waals surface area (Å²) in [6, 6.07) is 14.0. The van der Waals surface area contributed by atoms with Gasteiger partial charge in [0.15, 0.2) is 0 Å². The molecule has 0 aromatic heterocycles. The summed E-state index contributed by atoms with van der Waals surface area (Å²) in [7, 11) is 1.65. The molecule has 20 heavy (non-hydrogen) atoms. The van der Waals surface area contributed by atoms with Crippen LogP contribution in [-0.4, -0.2) is 13.0 Å². The van der Waals surface area contributed by atoms with Crippen molar-refractivity contribution in [2.45, 2.75) is 0 Å². The lowest BCUT2D eigenvalue weighted by Gasteiger charge is -2.18. The lowest BCUT2D eigenvalue weighted by Crippen LogP contribution is -2.27. The molecule has 0 aliphatic carbocycles. The number of amides is 1. The molecule has 100 valence electrons.